The third kappa shape index (κ3) is 1.97. The van der Waals surface area contributed by atoms with Gasteiger partial charge in [-0.05, 0) is 25.0 Å². The van der Waals surface area contributed by atoms with Crippen LogP contribution in [0.2, 0.25) is 0 Å². The number of hydrogen-bond acceptors (Lipinski definition) is 3. The Morgan fingerprint density at radius 3 is 2.70 bits per heavy atom. The Bertz CT molecular complexity index is 741. The Kier molecular flexibility index (Phi) is 2.73. The van der Waals surface area contributed by atoms with Crippen molar-refractivity contribution in [2.75, 3.05) is 0 Å². The Morgan fingerprint density at radius 1 is 0.950 bits per heavy atom. The second kappa shape index (κ2) is 4.71. The predicted molar refractivity (Wildman–Crippen MR) is 78.3 cm³/mol. The van der Waals surface area contributed by atoms with Gasteiger partial charge in [0.1, 0.15) is 11.5 Å². The molecule has 100 valence electrons. The molecule has 0 unspecified atom stereocenters. The SMILES string of the molecule is c1ccc2nc(-c3n[nH]c(C4CCCC4)n3)ccc2c1. The summed E-state index contributed by atoms with van der Waals surface area (Å²) in [6, 6.07) is 12.2. The van der Waals surface area contributed by atoms with E-state index in [0.717, 1.165) is 22.4 Å². The number of hydrogen-bond donors (Lipinski definition) is 1. The lowest BCUT2D eigenvalue weighted by Crippen LogP contribution is -1.94. The fraction of sp³-hybridized carbons (Fsp3) is 0.312. The maximum Gasteiger partial charge on any atom is 0.199 e. The van der Waals surface area contributed by atoms with E-state index in [-0.39, 0.29) is 0 Å². The molecule has 1 aromatic carbocycles. The van der Waals surface area contributed by atoms with Crippen molar-refractivity contribution in [1.29, 1.82) is 0 Å². The van der Waals surface area contributed by atoms with Gasteiger partial charge >= 0.3 is 0 Å². The molecule has 2 heterocycles. The van der Waals surface area contributed by atoms with Crippen molar-refractivity contribution < 1.29 is 0 Å². The van der Waals surface area contributed by atoms with Gasteiger partial charge in [0.2, 0.25) is 0 Å². The van der Waals surface area contributed by atoms with Crippen LogP contribution in [-0.4, -0.2) is 20.2 Å². The molecular weight excluding hydrogens is 248 g/mol. The van der Waals surface area contributed by atoms with Crippen molar-refractivity contribution in [2.24, 2.45) is 0 Å². The van der Waals surface area contributed by atoms with Crippen molar-refractivity contribution >= 4 is 10.9 Å². The molecule has 2 aromatic heterocycles. The third-order valence-electron chi connectivity index (χ3n) is 4.07. The predicted octanol–water partition coefficient (Wildman–Crippen LogP) is 3.68. The van der Waals surface area contributed by atoms with Crippen LogP contribution in [0.15, 0.2) is 36.4 Å². The molecule has 1 aliphatic carbocycles. The molecule has 0 spiro atoms. The summed E-state index contributed by atoms with van der Waals surface area (Å²) >= 11 is 0. The van der Waals surface area contributed by atoms with Crippen LogP contribution in [0.1, 0.15) is 37.4 Å². The first-order valence-corrected chi connectivity index (χ1v) is 7.18. The van der Waals surface area contributed by atoms with E-state index in [0.29, 0.717) is 11.7 Å². The Hall–Kier alpha value is -2.23. The van der Waals surface area contributed by atoms with Crippen LogP contribution in [0.4, 0.5) is 0 Å². The molecule has 0 amide bonds. The molecule has 0 saturated heterocycles. The fourth-order valence-corrected chi connectivity index (χ4v) is 2.96. The first kappa shape index (κ1) is 11.6. The molecule has 4 nitrogen and oxygen atoms in total. The minimum atomic E-state index is 0.553. The van der Waals surface area contributed by atoms with Crippen LogP contribution in [0, 0.1) is 0 Å². The van der Waals surface area contributed by atoms with Gasteiger partial charge in [0.15, 0.2) is 5.82 Å². The average Bonchev–Trinajstić information content (AvgIpc) is 3.17. The first-order chi connectivity index (χ1) is 9.90. The van der Waals surface area contributed by atoms with Crippen molar-refractivity contribution in [3.63, 3.8) is 0 Å². The number of aromatic nitrogens is 4. The molecule has 1 N–H and O–H groups in total. The number of rotatable bonds is 2. The largest absolute Gasteiger partial charge is 0.262 e. The smallest absolute Gasteiger partial charge is 0.199 e. The lowest BCUT2D eigenvalue weighted by molar-refractivity contribution is 0.672. The highest BCUT2D eigenvalue weighted by Crippen LogP contribution is 2.32. The summed E-state index contributed by atoms with van der Waals surface area (Å²) in [4.78, 5) is 9.28. The van der Waals surface area contributed by atoms with Gasteiger partial charge < -0.3 is 0 Å². The molecule has 0 radical (unpaired) electrons. The highest BCUT2D eigenvalue weighted by Gasteiger charge is 2.21. The summed E-state index contributed by atoms with van der Waals surface area (Å²) in [5.41, 5.74) is 1.82. The lowest BCUT2D eigenvalue weighted by atomic mass is 10.1. The maximum atomic E-state index is 4.64. The average molecular weight is 264 g/mol. The minimum Gasteiger partial charge on any atom is -0.262 e. The quantitative estimate of drug-likeness (QED) is 0.768. The highest BCUT2D eigenvalue weighted by atomic mass is 15.2. The standard InChI is InChI=1S/C16H16N4/c1-2-7-12(6-1)15-18-16(20-19-15)14-10-9-11-5-3-4-8-13(11)17-14/h3-5,8-10,12H,1-2,6-7H2,(H,18,19,20). The van der Waals surface area contributed by atoms with E-state index >= 15 is 0 Å². The molecule has 3 aromatic rings. The highest BCUT2D eigenvalue weighted by molar-refractivity contribution is 5.80. The number of pyridine rings is 1. The third-order valence-corrected chi connectivity index (χ3v) is 4.07. The van der Waals surface area contributed by atoms with E-state index in [1.807, 2.05) is 24.3 Å². The van der Waals surface area contributed by atoms with Crippen molar-refractivity contribution in [3.05, 3.63) is 42.2 Å². The van der Waals surface area contributed by atoms with E-state index in [4.69, 9.17) is 0 Å². The first-order valence-electron chi connectivity index (χ1n) is 7.18. The Morgan fingerprint density at radius 2 is 1.80 bits per heavy atom. The number of aromatic amines is 1. The Labute approximate surface area is 117 Å². The van der Waals surface area contributed by atoms with Crippen LogP contribution in [-0.2, 0) is 0 Å². The molecule has 1 fully saturated rings. The van der Waals surface area contributed by atoms with Crippen molar-refractivity contribution in [2.45, 2.75) is 31.6 Å². The zero-order chi connectivity index (χ0) is 13.4. The molecular formula is C16H16N4. The molecule has 1 saturated carbocycles. The minimum absolute atomic E-state index is 0.553. The van der Waals surface area contributed by atoms with Gasteiger partial charge in [-0.3, -0.25) is 5.10 Å². The fourth-order valence-electron chi connectivity index (χ4n) is 2.96. The monoisotopic (exact) mass is 264 g/mol. The number of benzene rings is 1. The molecule has 0 bridgehead atoms. The molecule has 0 aliphatic heterocycles. The van der Waals surface area contributed by atoms with Gasteiger partial charge in [0.05, 0.1) is 5.52 Å². The summed E-state index contributed by atoms with van der Waals surface area (Å²) in [6.07, 6.45) is 5.05. The maximum absolute atomic E-state index is 4.64. The molecule has 1 aliphatic rings. The molecule has 4 rings (SSSR count). The number of fused-ring (bicyclic) bond motifs is 1. The van der Waals surface area contributed by atoms with Crippen molar-refractivity contribution in [1.82, 2.24) is 20.2 Å². The van der Waals surface area contributed by atoms with Gasteiger partial charge in [0, 0.05) is 11.3 Å². The van der Waals surface area contributed by atoms with E-state index in [1.165, 1.54) is 25.7 Å². The summed E-state index contributed by atoms with van der Waals surface area (Å²) in [6.45, 7) is 0. The van der Waals surface area contributed by atoms with Crippen LogP contribution in [0.25, 0.3) is 22.4 Å². The van der Waals surface area contributed by atoms with Crippen LogP contribution < -0.4 is 0 Å². The van der Waals surface area contributed by atoms with E-state index in [2.05, 4.69) is 32.3 Å². The number of nitrogens with one attached hydrogen (secondary N) is 1. The number of para-hydroxylation sites is 1. The van der Waals surface area contributed by atoms with Gasteiger partial charge in [0.25, 0.3) is 0 Å². The zero-order valence-electron chi connectivity index (χ0n) is 11.2. The molecule has 20 heavy (non-hydrogen) atoms. The van der Waals surface area contributed by atoms with E-state index in [9.17, 15) is 0 Å². The summed E-state index contributed by atoms with van der Waals surface area (Å²) in [5, 5.41) is 8.57. The van der Waals surface area contributed by atoms with Crippen LogP contribution in [0.5, 0.6) is 0 Å². The second-order valence-corrected chi connectivity index (χ2v) is 5.41. The summed E-state index contributed by atoms with van der Waals surface area (Å²) in [7, 11) is 0. The second-order valence-electron chi connectivity index (χ2n) is 5.41. The number of nitrogens with zero attached hydrogens (tertiary/aromatic N) is 3. The Balaban J connectivity index is 1.71. The number of H-pyrrole nitrogens is 1. The lowest BCUT2D eigenvalue weighted by Gasteiger charge is -2.02. The van der Waals surface area contributed by atoms with Crippen LogP contribution in [0.3, 0.4) is 0 Å². The van der Waals surface area contributed by atoms with Crippen LogP contribution >= 0.6 is 0 Å². The van der Waals surface area contributed by atoms with Gasteiger partial charge in [-0.15, -0.1) is 0 Å². The van der Waals surface area contributed by atoms with Crippen molar-refractivity contribution in [3.8, 4) is 11.5 Å². The molecule has 4 heteroatoms. The van der Waals surface area contributed by atoms with E-state index in [1.54, 1.807) is 0 Å². The summed E-state index contributed by atoms with van der Waals surface area (Å²) < 4.78 is 0. The van der Waals surface area contributed by atoms with Gasteiger partial charge in [-0.25, -0.2) is 9.97 Å². The van der Waals surface area contributed by atoms with Gasteiger partial charge in [-0.2, -0.15) is 5.10 Å². The topological polar surface area (TPSA) is 54.5 Å². The summed E-state index contributed by atoms with van der Waals surface area (Å²) in [5.74, 6) is 2.28. The zero-order valence-corrected chi connectivity index (χ0v) is 11.2. The normalized spacial score (nSPS) is 16.0. The molecule has 0 atom stereocenters. The van der Waals surface area contributed by atoms with E-state index < -0.39 is 0 Å². The van der Waals surface area contributed by atoms with Gasteiger partial charge in [-0.1, -0.05) is 37.1 Å².